The second-order valence-corrected chi connectivity index (χ2v) is 4.08. The molecule has 100 valence electrons. The number of halogens is 1. The largest absolute Gasteiger partial charge is 0.370 e. The van der Waals surface area contributed by atoms with Crippen LogP contribution in [0.5, 0.6) is 0 Å². The Balaban J connectivity index is 0.00000289. The highest BCUT2D eigenvalue weighted by molar-refractivity contribution is 5.97. The Labute approximate surface area is 112 Å². The predicted octanol–water partition coefficient (Wildman–Crippen LogP) is 0.866. The van der Waals surface area contributed by atoms with Gasteiger partial charge in [-0.2, -0.15) is 0 Å². The van der Waals surface area contributed by atoms with Gasteiger partial charge < -0.3 is 16.8 Å². The molecule has 0 aliphatic rings. The third-order valence-corrected chi connectivity index (χ3v) is 2.41. The minimum absolute atomic E-state index is 0. The third-order valence-electron chi connectivity index (χ3n) is 2.41. The van der Waals surface area contributed by atoms with E-state index in [1.807, 2.05) is 32.0 Å². The maximum atomic E-state index is 11.7. The molecule has 0 fully saturated rings. The summed E-state index contributed by atoms with van der Waals surface area (Å²) in [4.78, 5) is 22.3. The van der Waals surface area contributed by atoms with Crippen LogP contribution in [0, 0.1) is 13.8 Å². The summed E-state index contributed by atoms with van der Waals surface area (Å²) in [6, 6.07) is 4.80. The molecule has 2 amide bonds. The summed E-state index contributed by atoms with van der Waals surface area (Å²) in [6.07, 6.45) is -0.156. The van der Waals surface area contributed by atoms with E-state index in [0.717, 1.165) is 11.1 Å². The predicted molar refractivity (Wildman–Crippen MR) is 73.6 cm³/mol. The Bertz CT molecular complexity index is 449. The second-order valence-electron chi connectivity index (χ2n) is 4.08. The third kappa shape index (κ3) is 4.73. The van der Waals surface area contributed by atoms with Gasteiger partial charge in [0.05, 0.1) is 12.5 Å². The van der Waals surface area contributed by atoms with Crippen LogP contribution >= 0.6 is 12.4 Å². The monoisotopic (exact) mass is 271 g/mol. The Morgan fingerprint density at radius 1 is 1.33 bits per heavy atom. The minimum atomic E-state index is -0.910. The number of anilines is 1. The van der Waals surface area contributed by atoms with Crippen LogP contribution in [0.4, 0.5) is 5.69 Å². The number of rotatable bonds is 4. The Morgan fingerprint density at radius 2 is 1.94 bits per heavy atom. The summed E-state index contributed by atoms with van der Waals surface area (Å²) < 4.78 is 0. The van der Waals surface area contributed by atoms with Gasteiger partial charge >= 0.3 is 0 Å². The molecule has 1 atom stereocenters. The van der Waals surface area contributed by atoms with E-state index in [1.54, 1.807) is 0 Å². The first-order valence-electron chi connectivity index (χ1n) is 5.32. The van der Waals surface area contributed by atoms with Crippen LogP contribution in [-0.4, -0.2) is 17.9 Å². The van der Waals surface area contributed by atoms with E-state index >= 15 is 0 Å². The Kier molecular flexibility index (Phi) is 6.36. The number of nitrogens with two attached hydrogens (primary N) is 2. The van der Waals surface area contributed by atoms with E-state index in [4.69, 9.17) is 11.5 Å². The average Bonchev–Trinajstić information content (AvgIpc) is 2.22. The number of amides is 2. The molecule has 0 heterocycles. The zero-order chi connectivity index (χ0) is 13.0. The summed E-state index contributed by atoms with van der Waals surface area (Å²) in [7, 11) is 0. The minimum Gasteiger partial charge on any atom is -0.370 e. The van der Waals surface area contributed by atoms with Crippen LogP contribution in [0.1, 0.15) is 17.5 Å². The number of nitrogens with one attached hydrogen (secondary N) is 1. The van der Waals surface area contributed by atoms with Crippen molar-refractivity contribution in [2.24, 2.45) is 11.5 Å². The van der Waals surface area contributed by atoms with Gasteiger partial charge in [0.15, 0.2) is 0 Å². The standard InChI is InChI=1S/C12H17N3O2.ClH/c1-7-3-4-8(2)10(5-7)15-12(17)9(13)6-11(14)16;/h3-5,9H,6,13H2,1-2H3,(H2,14,16)(H,15,17);1H. The molecule has 0 aliphatic carbocycles. The maximum Gasteiger partial charge on any atom is 0.241 e. The van der Waals surface area contributed by atoms with E-state index < -0.39 is 17.9 Å². The summed E-state index contributed by atoms with van der Waals surface area (Å²) in [6.45, 7) is 3.81. The topological polar surface area (TPSA) is 98.2 Å². The van der Waals surface area contributed by atoms with Crippen molar-refractivity contribution < 1.29 is 9.59 Å². The molecule has 6 heteroatoms. The summed E-state index contributed by atoms with van der Waals surface area (Å²) >= 11 is 0. The van der Waals surface area contributed by atoms with Crippen LogP contribution in [-0.2, 0) is 9.59 Å². The number of carbonyl (C=O) groups is 2. The van der Waals surface area contributed by atoms with Crippen molar-refractivity contribution in [2.75, 3.05) is 5.32 Å². The molecular weight excluding hydrogens is 254 g/mol. The summed E-state index contributed by atoms with van der Waals surface area (Å²) in [5.74, 6) is -0.994. The molecule has 0 radical (unpaired) electrons. The fourth-order valence-corrected chi connectivity index (χ4v) is 1.41. The van der Waals surface area contributed by atoms with Gasteiger partial charge in [-0.3, -0.25) is 9.59 Å². The fraction of sp³-hybridized carbons (Fsp3) is 0.333. The number of hydrogen-bond acceptors (Lipinski definition) is 3. The lowest BCUT2D eigenvalue weighted by Gasteiger charge is -2.13. The molecule has 5 nitrogen and oxygen atoms in total. The quantitative estimate of drug-likeness (QED) is 0.758. The zero-order valence-electron chi connectivity index (χ0n) is 10.4. The molecule has 0 bridgehead atoms. The van der Waals surface area contributed by atoms with Crippen molar-refractivity contribution in [3.8, 4) is 0 Å². The number of carbonyl (C=O) groups excluding carboxylic acids is 2. The van der Waals surface area contributed by atoms with Crippen molar-refractivity contribution in [3.05, 3.63) is 29.3 Å². The van der Waals surface area contributed by atoms with Gasteiger partial charge in [-0.15, -0.1) is 12.4 Å². The van der Waals surface area contributed by atoms with Crippen LogP contribution in [0.15, 0.2) is 18.2 Å². The summed E-state index contributed by atoms with van der Waals surface area (Å²) in [5, 5.41) is 2.68. The second kappa shape index (κ2) is 6.98. The molecule has 1 aromatic rings. The van der Waals surface area contributed by atoms with E-state index in [0.29, 0.717) is 5.69 Å². The average molecular weight is 272 g/mol. The van der Waals surface area contributed by atoms with Gasteiger partial charge in [-0.1, -0.05) is 12.1 Å². The van der Waals surface area contributed by atoms with E-state index in [-0.39, 0.29) is 18.8 Å². The smallest absolute Gasteiger partial charge is 0.241 e. The highest BCUT2D eigenvalue weighted by Gasteiger charge is 2.16. The Morgan fingerprint density at radius 3 is 2.50 bits per heavy atom. The van der Waals surface area contributed by atoms with E-state index in [2.05, 4.69) is 5.32 Å². The van der Waals surface area contributed by atoms with Gasteiger partial charge in [0.25, 0.3) is 0 Å². The Hall–Kier alpha value is -1.59. The normalized spacial score (nSPS) is 11.3. The molecule has 0 spiro atoms. The van der Waals surface area contributed by atoms with Crippen LogP contribution in [0.2, 0.25) is 0 Å². The van der Waals surface area contributed by atoms with Crippen molar-refractivity contribution >= 4 is 29.9 Å². The molecule has 0 aromatic heterocycles. The van der Waals surface area contributed by atoms with Gasteiger partial charge in [0, 0.05) is 5.69 Å². The molecular formula is C12H18ClN3O2. The van der Waals surface area contributed by atoms with Gasteiger partial charge in [-0.05, 0) is 31.0 Å². The number of benzene rings is 1. The van der Waals surface area contributed by atoms with Gasteiger partial charge in [0.2, 0.25) is 11.8 Å². The first kappa shape index (κ1) is 16.4. The molecule has 0 aliphatic heterocycles. The molecule has 0 saturated heterocycles. The van der Waals surface area contributed by atoms with Crippen molar-refractivity contribution in [3.63, 3.8) is 0 Å². The van der Waals surface area contributed by atoms with Crippen LogP contribution in [0.3, 0.4) is 0 Å². The maximum absolute atomic E-state index is 11.7. The van der Waals surface area contributed by atoms with E-state index in [9.17, 15) is 9.59 Å². The SMILES string of the molecule is Cc1ccc(C)c(NC(=O)C(N)CC(N)=O)c1.Cl. The number of aryl methyl sites for hydroxylation is 2. The lowest BCUT2D eigenvalue weighted by Crippen LogP contribution is -2.39. The fourth-order valence-electron chi connectivity index (χ4n) is 1.41. The zero-order valence-corrected chi connectivity index (χ0v) is 11.2. The molecule has 1 aromatic carbocycles. The van der Waals surface area contributed by atoms with Crippen LogP contribution in [0.25, 0.3) is 0 Å². The first-order valence-corrected chi connectivity index (χ1v) is 5.32. The number of hydrogen-bond donors (Lipinski definition) is 3. The lowest BCUT2D eigenvalue weighted by atomic mass is 10.1. The first-order chi connectivity index (χ1) is 7.90. The molecule has 5 N–H and O–H groups in total. The summed E-state index contributed by atoms with van der Waals surface area (Å²) in [5.41, 5.74) is 13.2. The highest BCUT2D eigenvalue weighted by Crippen LogP contribution is 2.16. The lowest BCUT2D eigenvalue weighted by molar-refractivity contribution is -0.123. The molecule has 1 rings (SSSR count). The van der Waals surface area contributed by atoms with Gasteiger partial charge in [-0.25, -0.2) is 0 Å². The molecule has 0 saturated carbocycles. The van der Waals surface area contributed by atoms with Crippen molar-refractivity contribution in [2.45, 2.75) is 26.3 Å². The molecule has 18 heavy (non-hydrogen) atoms. The number of primary amides is 1. The molecule has 1 unspecified atom stereocenters. The highest BCUT2D eigenvalue weighted by atomic mass is 35.5. The van der Waals surface area contributed by atoms with Gasteiger partial charge in [0.1, 0.15) is 0 Å². The van der Waals surface area contributed by atoms with Crippen molar-refractivity contribution in [1.82, 2.24) is 0 Å². The van der Waals surface area contributed by atoms with E-state index in [1.165, 1.54) is 0 Å². The van der Waals surface area contributed by atoms with Crippen LogP contribution < -0.4 is 16.8 Å². The van der Waals surface area contributed by atoms with Crippen molar-refractivity contribution in [1.29, 1.82) is 0 Å².